The normalized spacial score (nSPS) is 14.5. The molecule has 4 aromatic rings. The molecule has 0 amide bonds. The van der Waals surface area contributed by atoms with Crippen molar-refractivity contribution in [3.8, 4) is 17.1 Å². The van der Waals surface area contributed by atoms with Crippen molar-refractivity contribution >= 4 is 16.9 Å². The van der Waals surface area contributed by atoms with E-state index in [1.54, 1.807) is 24.5 Å². The maximum atomic E-state index is 13.5. The Morgan fingerprint density at radius 2 is 1.76 bits per heavy atom. The minimum absolute atomic E-state index is 0.273. The van der Waals surface area contributed by atoms with Gasteiger partial charge in [-0.05, 0) is 49.4 Å². The van der Waals surface area contributed by atoms with E-state index in [0.717, 1.165) is 65.9 Å². The molecule has 0 bridgehead atoms. The lowest BCUT2D eigenvalue weighted by Gasteiger charge is -2.28. The maximum absolute atomic E-state index is 13.5. The van der Waals surface area contributed by atoms with Gasteiger partial charge >= 0.3 is 0 Å². The van der Waals surface area contributed by atoms with Crippen LogP contribution in [0.3, 0.4) is 0 Å². The Labute approximate surface area is 167 Å². The van der Waals surface area contributed by atoms with Gasteiger partial charge in [0.25, 0.3) is 0 Å². The van der Waals surface area contributed by atoms with Gasteiger partial charge in [0.15, 0.2) is 0 Å². The van der Waals surface area contributed by atoms with E-state index in [4.69, 9.17) is 14.7 Å². The lowest BCUT2D eigenvalue weighted by atomic mass is 10.1. The molecule has 5 rings (SSSR count). The number of aromatic nitrogens is 4. The molecule has 1 aliphatic heterocycles. The number of morpholine rings is 1. The average Bonchev–Trinajstić information content (AvgIpc) is 3.14. The summed E-state index contributed by atoms with van der Waals surface area (Å²) < 4.78 is 20.9. The molecule has 0 saturated carbocycles. The number of benzene rings is 1. The van der Waals surface area contributed by atoms with Crippen molar-refractivity contribution in [3.63, 3.8) is 0 Å². The average molecular weight is 389 g/mol. The molecule has 1 aliphatic rings. The fourth-order valence-corrected chi connectivity index (χ4v) is 3.71. The summed E-state index contributed by atoms with van der Waals surface area (Å²) in [7, 11) is 0. The second-order valence-corrected chi connectivity index (χ2v) is 7.01. The van der Waals surface area contributed by atoms with Gasteiger partial charge in [-0.2, -0.15) is 0 Å². The zero-order valence-corrected chi connectivity index (χ0v) is 16.0. The van der Waals surface area contributed by atoms with Crippen molar-refractivity contribution in [2.75, 3.05) is 31.2 Å². The van der Waals surface area contributed by atoms with Gasteiger partial charge in [0.2, 0.25) is 0 Å². The summed E-state index contributed by atoms with van der Waals surface area (Å²) in [6, 6.07) is 12.4. The van der Waals surface area contributed by atoms with Crippen LogP contribution in [0.5, 0.6) is 0 Å². The minimum Gasteiger partial charge on any atom is -0.378 e. The topological polar surface area (TPSA) is 56.1 Å². The number of hydrogen-bond acceptors (Lipinski definition) is 5. The number of imidazole rings is 1. The van der Waals surface area contributed by atoms with Gasteiger partial charge < -0.3 is 9.64 Å². The lowest BCUT2D eigenvalue weighted by molar-refractivity contribution is 0.122. The Balaban J connectivity index is 1.65. The van der Waals surface area contributed by atoms with Crippen LogP contribution < -0.4 is 4.90 Å². The van der Waals surface area contributed by atoms with Gasteiger partial charge in [0.1, 0.15) is 17.5 Å². The molecule has 1 saturated heterocycles. The van der Waals surface area contributed by atoms with Gasteiger partial charge in [0, 0.05) is 30.5 Å². The largest absolute Gasteiger partial charge is 0.378 e. The summed E-state index contributed by atoms with van der Waals surface area (Å²) in [5.41, 5.74) is 4.35. The van der Waals surface area contributed by atoms with E-state index < -0.39 is 0 Å². The molecule has 1 fully saturated rings. The molecule has 3 aromatic heterocycles. The van der Waals surface area contributed by atoms with Crippen LogP contribution >= 0.6 is 0 Å². The van der Waals surface area contributed by atoms with Crippen LogP contribution in [0.2, 0.25) is 0 Å². The van der Waals surface area contributed by atoms with Gasteiger partial charge in [-0.1, -0.05) is 0 Å². The number of fused-ring (bicyclic) bond motifs is 1. The maximum Gasteiger partial charge on any atom is 0.147 e. The molecule has 7 heteroatoms. The van der Waals surface area contributed by atoms with Crippen LogP contribution in [0.15, 0.2) is 54.9 Å². The van der Waals surface area contributed by atoms with Crippen LogP contribution in [0.25, 0.3) is 28.1 Å². The van der Waals surface area contributed by atoms with Crippen LogP contribution in [0, 0.1) is 12.7 Å². The van der Waals surface area contributed by atoms with E-state index in [0.29, 0.717) is 0 Å². The molecule has 4 heterocycles. The van der Waals surface area contributed by atoms with Crippen molar-refractivity contribution in [3.05, 3.63) is 66.4 Å². The quantitative estimate of drug-likeness (QED) is 0.534. The summed E-state index contributed by atoms with van der Waals surface area (Å²) >= 11 is 0. The van der Waals surface area contributed by atoms with Gasteiger partial charge in [-0.25, -0.2) is 14.4 Å². The summed E-state index contributed by atoms with van der Waals surface area (Å²) in [4.78, 5) is 16.2. The van der Waals surface area contributed by atoms with Crippen molar-refractivity contribution in [1.29, 1.82) is 0 Å². The molecule has 1 aromatic carbocycles. The van der Waals surface area contributed by atoms with Crippen molar-refractivity contribution < 1.29 is 9.13 Å². The van der Waals surface area contributed by atoms with Crippen molar-refractivity contribution in [2.45, 2.75) is 6.92 Å². The zero-order valence-electron chi connectivity index (χ0n) is 16.0. The van der Waals surface area contributed by atoms with E-state index in [9.17, 15) is 4.39 Å². The van der Waals surface area contributed by atoms with Crippen molar-refractivity contribution in [2.24, 2.45) is 0 Å². The fourth-order valence-electron chi connectivity index (χ4n) is 3.71. The van der Waals surface area contributed by atoms with Crippen LogP contribution in [0.1, 0.15) is 5.69 Å². The molecule has 0 N–H and O–H groups in total. The molecular weight excluding hydrogens is 369 g/mol. The Morgan fingerprint density at radius 1 is 0.966 bits per heavy atom. The Bertz CT molecular complexity index is 1170. The monoisotopic (exact) mass is 389 g/mol. The van der Waals surface area contributed by atoms with Crippen LogP contribution in [0.4, 0.5) is 10.2 Å². The summed E-state index contributed by atoms with van der Waals surface area (Å²) in [5, 5.41) is 0. The van der Waals surface area contributed by atoms with E-state index in [2.05, 4.69) is 16.0 Å². The number of ether oxygens (including phenoxy) is 1. The molecule has 6 nitrogen and oxygen atoms in total. The van der Waals surface area contributed by atoms with Gasteiger partial charge in [0.05, 0.1) is 36.1 Å². The van der Waals surface area contributed by atoms with Gasteiger partial charge in [-0.15, -0.1) is 0 Å². The van der Waals surface area contributed by atoms with E-state index in [1.165, 1.54) is 12.1 Å². The van der Waals surface area contributed by atoms with Crippen LogP contribution in [-0.4, -0.2) is 45.8 Å². The Kier molecular flexibility index (Phi) is 4.44. The second-order valence-electron chi connectivity index (χ2n) is 7.01. The first-order valence-corrected chi connectivity index (χ1v) is 9.60. The first-order valence-electron chi connectivity index (χ1n) is 9.60. The third-order valence-electron chi connectivity index (χ3n) is 5.19. The summed E-state index contributed by atoms with van der Waals surface area (Å²) in [6.45, 7) is 5.11. The highest BCUT2D eigenvalue weighted by Gasteiger charge is 2.19. The van der Waals surface area contributed by atoms with E-state index in [1.807, 2.05) is 23.6 Å². The number of anilines is 1. The SMILES string of the molecule is Cc1nc(N2CCOCC2)ccc1-c1nc2ccncc2n1-c1ccc(F)cc1. The zero-order chi connectivity index (χ0) is 19.8. The summed E-state index contributed by atoms with van der Waals surface area (Å²) in [5.74, 6) is 1.43. The smallest absolute Gasteiger partial charge is 0.147 e. The summed E-state index contributed by atoms with van der Waals surface area (Å²) in [6.07, 6.45) is 3.50. The molecule has 0 aliphatic carbocycles. The number of rotatable bonds is 3. The number of halogens is 1. The Morgan fingerprint density at radius 3 is 2.52 bits per heavy atom. The number of aryl methyl sites for hydroxylation is 1. The number of nitrogens with zero attached hydrogens (tertiary/aromatic N) is 5. The fraction of sp³-hybridized carbons (Fsp3) is 0.227. The minimum atomic E-state index is -0.273. The third kappa shape index (κ3) is 3.23. The standard InChI is InChI=1S/C22H20FN5O/c1-15-18(6-7-21(25-15)27-10-12-29-13-11-27)22-26-19-8-9-24-14-20(19)28(22)17-4-2-16(23)3-5-17/h2-9,14H,10-13H2,1H3. The molecular formula is C22H20FN5O. The number of hydrogen-bond donors (Lipinski definition) is 0. The van der Waals surface area contributed by atoms with E-state index >= 15 is 0 Å². The highest BCUT2D eigenvalue weighted by Crippen LogP contribution is 2.31. The second kappa shape index (κ2) is 7.25. The van der Waals surface area contributed by atoms with Gasteiger partial charge in [-0.3, -0.25) is 9.55 Å². The van der Waals surface area contributed by atoms with Crippen molar-refractivity contribution in [1.82, 2.24) is 19.5 Å². The lowest BCUT2D eigenvalue weighted by Crippen LogP contribution is -2.36. The molecule has 0 radical (unpaired) electrons. The Hall–Kier alpha value is -3.32. The molecule has 0 spiro atoms. The first kappa shape index (κ1) is 17.8. The third-order valence-corrected chi connectivity index (χ3v) is 5.19. The first-order chi connectivity index (χ1) is 14.2. The number of pyridine rings is 2. The highest BCUT2D eigenvalue weighted by molar-refractivity contribution is 5.83. The molecule has 146 valence electrons. The molecule has 29 heavy (non-hydrogen) atoms. The molecule has 0 unspecified atom stereocenters. The predicted octanol–water partition coefficient (Wildman–Crippen LogP) is 3.77. The molecule has 0 atom stereocenters. The van der Waals surface area contributed by atoms with Crippen LogP contribution in [-0.2, 0) is 4.74 Å². The van der Waals surface area contributed by atoms with E-state index in [-0.39, 0.29) is 5.82 Å². The highest BCUT2D eigenvalue weighted by atomic mass is 19.1. The predicted molar refractivity (Wildman–Crippen MR) is 110 cm³/mol.